The van der Waals surface area contributed by atoms with Gasteiger partial charge in [-0.15, -0.1) is 0 Å². The number of aromatic amines is 1. The third-order valence-electron chi connectivity index (χ3n) is 3.22. The zero-order valence-electron chi connectivity index (χ0n) is 12.2. The number of H-pyrrole nitrogens is 1. The molecule has 0 unspecified atom stereocenters. The molecule has 0 saturated carbocycles. The molecule has 8 heteroatoms. The number of carbonyl (C=O) groups is 1. The van der Waals surface area contributed by atoms with Gasteiger partial charge in [-0.05, 0) is 35.2 Å². The number of nitrogens with one attached hydrogen (secondary N) is 2. The van der Waals surface area contributed by atoms with Crippen LogP contribution in [0.15, 0.2) is 53.8 Å². The molecule has 4 nitrogen and oxygen atoms in total. The summed E-state index contributed by atoms with van der Waals surface area (Å²) in [4.78, 5) is 18.8. The van der Waals surface area contributed by atoms with Crippen LogP contribution in [0.5, 0.6) is 0 Å². The highest BCUT2D eigenvalue weighted by Crippen LogP contribution is 2.35. The van der Waals surface area contributed by atoms with Crippen molar-refractivity contribution in [2.24, 2.45) is 0 Å². The van der Waals surface area contributed by atoms with E-state index in [1.165, 1.54) is 18.3 Å². The molecule has 0 aliphatic rings. The maximum atomic E-state index is 12.2. The molecular formula is C16H12F3N3OS. The van der Waals surface area contributed by atoms with Crippen molar-refractivity contribution in [3.63, 3.8) is 0 Å². The predicted molar refractivity (Wildman–Crippen MR) is 86.8 cm³/mol. The Labute approximate surface area is 139 Å². The number of fused-ring (bicyclic) bond motifs is 1. The van der Waals surface area contributed by atoms with Crippen LogP contribution in [0.25, 0.3) is 10.9 Å². The van der Waals surface area contributed by atoms with Crippen LogP contribution < -0.4 is 5.32 Å². The van der Waals surface area contributed by atoms with Gasteiger partial charge in [0, 0.05) is 23.5 Å². The summed E-state index contributed by atoms with van der Waals surface area (Å²) in [5.74, 6) is -0.265. The second-order valence-corrected chi connectivity index (χ2v) is 6.14. The second kappa shape index (κ2) is 6.56. The average Bonchev–Trinajstić information content (AvgIpc) is 2.95. The van der Waals surface area contributed by atoms with E-state index in [1.54, 1.807) is 0 Å². The Morgan fingerprint density at radius 3 is 2.75 bits per heavy atom. The van der Waals surface area contributed by atoms with Crippen LogP contribution in [0.2, 0.25) is 0 Å². The van der Waals surface area contributed by atoms with E-state index < -0.39 is 5.51 Å². The highest BCUT2D eigenvalue weighted by molar-refractivity contribution is 8.00. The van der Waals surface area contributed by atoms with Crippen LogP contribution >= 0.6 is 11.8 Å². The Morgan fingerprint density at radius 2 is 2.04 bits per heavy atom. The molecule has 0 aliphatic heterocycles. The van der Waals surface area contributed by atoms with Gasteiger partial charge in [0.25, 0.3) is 0 Å². The number of amides is 1. The average molecular weight is 351 g/mol. The topological polar surface area (TPSA) is 57.8 Å². The number of aromatic nitrogens is 2. The minimum atomic E-state index is -4.38. The zero-order chi connectivity index (χ0) is 17.2. The standard InChI is InChI=1S/C16H12F3N3OS/c17-16(18,19)24-15-4-3-12(9-21-15)22-14(23)8-10-1-2-11-5-6-20-13(11)7-10/h1-7,9,20H,8H2,(H,22,23). The number of thioether (sulfide) groups is 1. The van der Waals surface area contributed by atoms with Crippen molar-refractivity contribution in [3.8, 4) is 0 Å². The van der Waals surface area contributed by atoms with Crippen LogP contribution in [0.3, 0.4) is 0 Å². The summed E-state index contributed by atoms with van der Waals surface area (Å²) >= 11 is -0.294. The van der Waals surface area contributed by atoms with E-state index in [1.807, 2.05) is 30.5 Å². The SMILES string of the molecule is O=C(Cc1ccc2cc[nH]c2c1)Nc1ccc(SC(F)(F)F)nc1. The number of carbonyl (C=O) groups excluding carboxylic acids is 1. The lowest BCUT2D eigenvalue weighted by Gasteiger charge is -2.07. The molecule has 0 aliphatic carbocycles. The van der Waals surface area contributed by atoms with Crippen molar-refractivity contribution in [2.75, 3.05) is 5.32 Å². The first kappa shape index (κ1) is 16.4. The third-order valence-corrected chi connectivity index (χ3v) is 3.91. The molecule has 0 fully saturated rings. The number of anilines is 1. The largest absolute Gasteiger partial charge is 0.447 e. The van der Waals surface area contributed by atoms with E-state index in [2.05, 4.69) is 15.3 Å². The number of hydrogen-bond donors (Lipinski definition) is 2. The number of rotatable bonds is 4. The minimum Gasteiger partial charge on any atom is -0.361 e. The first-order valence-corrected chi connectivity index (χ1v) is 7.78. The van der Waals surface area contributed by atoms with Gasteiger partial charge in [0.1, 0.15) is 5.03 Å². The van der Waals surface area contributed by atoms with Gasteiger partial charge in [0.15, 0.2) is 0 Å². The fraction of sp³-hybridized carbons (Fsp3) is 0.125. The van der Waals surface area contributed by atoms with Gasteiger partial charge in [-0.1, -0.05) is 12.1 Å². The first-order chi connectivity index (χ1) is 11.4. The molecule has 0 radical (unpaired) electrons. The van der Waals surface area contributed by atoms with Crippen LogP contribution in [-0.2, 0) is 11.2 Å². The van der Waals surface area contributed by atoms with Gasteiger partial charge in [-0.2, -0.15) is 13.2 Å². The molecule has 0 saturated heterocycles. The molecule has 24 heavy (non-hydrogen) atoms. The van der Waals surface area contributed by atoms with Crippen LogP contribution in [0.4, 0.5) is 18.9 Å². The molecule has 1 aromatic carbocycles. The molecule has 124 valence electrons. The van der Waals surface area contributed by atoms with Gasteiger partial charge in [0.2, 0.25) is 5.91 Å². The normalized spacial score (nSPS) is 11.6. The maximum absolute atomic E-state index is 12.2. The third kappa shape index (κ3) is 4.29. The number of pyridine rings is 1. The molecule has 1 amide bonds. The Kier molecular flexibility index (Phi) is 4.48. The minimum absolute atomic E-state index is 0.161. The lowest BCUT2D eigenvalue weighted by molar-refractivity contribution is -0.115. The lowest BCUT2D eigenvalue weighted by Crippen LogP contribution is -2.14. The van der Waals surface area contributed by atoms with Crippen LogP contribution in [-0.4, -0.2) is 21.4 Å². The highest BCUT2D eigenvalue weighted by atomic mass is 32.2. The zero-order valence-corrected chi connectivity index (χ0v) is 13.0. The molecule has 0 bridgehead atoms. The Morgan fingerprint density at radius 1 is 1.21 bits per heavy atom. The molecular weight excluding hydrogens is 339 g/mol. The van der Waals surface area contributed by atoms with Crippen molar-refractivity contribution in [2.45, 2.75) is 17.0 Å². The molecule has 2 aromatic heterocycles. The second-order valence-electron chi connectivity index (χ2n) is 5.06. The maximum Gasteiger partial charge on any atom is 0.447 e. The van der Waals surface area contributed by atoms with E-state index in [9.17, 15) is 18.0 Å². The van der Waals surface area contributed by atoms with E-state index in [4.69, 9.17) is 0 Å². The van der Waals surface area contributed by atoms with Gasteiger partial charge in [-0.25, -0.2) is 4.98 Å². The summed E-state index contributed by atoms with van der Waals surface area (Å²) in [6.07, 6.45) is 3.19. The summed E-state index contributed by atoms with van der Waals surface area (Å²) in [5.41, 5.74) is -2.25. The summed E-state index contributed by atoms with van der Waals surface area (Å²) in [6.45, 7) is 0. The van der Waals surface area contributed by atoms with Crippen molar-refractivity contribution in [1.29, 1.82) is 0 Å². The van der Waals surface area contributed by atoms with E-state index >= 15 is 0 Å². The van der Waals surface area contributed by atoms with E-state index in [0.29, 0.717) is 5.69 Å². The van der Waals surface area contributed by atoms with Crippen molar-refractivity contribution >= 4 is 34.3 Å². The Balaban J connectivity index is 1.61. The highest BCUT2D eigenvalue weighted by Gasteiger charge is 2.29. The Bertz CT molecular complexity index is 859. The molecule has 3 aromatic rings. The fourth-order valence-corrected chi connectivity index (χ4v) is 2.71. The van der Waals surface area contributed by atoms with E-state index in [-0.39, 0.29) is 29.1 Å². The lowest BCUT2D eigenvalue weighted by atomic mass is 10.1. The monoisotopic (exact) mass is 351 g/mol. The molecule has 2 N–H and O–H groups in total. The smallest absolute Gasteiger partial charge is 0.361 e. The fourth-order valence-electron chi connectivity index (χ4n) is 2.23. The van der Waals surface area contributed by atoms with Gasteiger partial charge in [-0.3, -0.25) is 4.79 Å². The van der Waals surface area contributed by atoms with E-state index in [0.717, 1.165) is 16.5 Å². The van der Waals surface area contributed by atoms with Gasteiger partial charge >= 0.3 is 5.51 Å². The van der Waals surface area contributed by atoms with Crippen LogP contribution in [0.1, 0.15) is 5.56 Å². The molecule has 0 atom stereocenters. The number of nitrogens with zero attached hydrogens (tertiary/aromatic N) is 1. The number of benzene rings is 1. The molecule has 2 heterocycles. The Hall–Kier alpha value is -2.48. The number of hydrogen-bond acceptors (Lipinski definition) is 3. The summed E-state index contributed by atoms with van der Waals surface area (Å²) in [7, 11) is 0. The molecule has 3 rings (SSSR count). The van der Waals surface area contributed by atoms with Crippen molar-refractivity contribution in [3.05, 3.63) is 54.4 Å². The van der Waals surface area contributed by atoms with Crippen molar-refractivity contribution in [1.82, 2.24) is 9.97 Å². The van der Waals surface area contributed by atoms with Crippen molar-refractivity contribution < 1.29 is 18.0 Å². The number of alkyl halides is 3. The van der Waals surface area contributed by atoms with Gasteiger partial charge < -0.3 is 10.3 Å². The number of halogens is 3. The van der Waals surface area contributed by atoms with Crippen LogP contribution in [0, 0.1) is 0 Å². The first-order valence-electron chi connectivity index (χ1n) is 6.97. The quantitative estimate of drug-likeness (QED) is 0.687. The van der Waals surface area contributed by atoms with Gasteiger partial charge in [0.05, 0.1) is 18.3 Å². The summed E-state index contributed by atoms with van der Waals surface area (Å²) < 4.78 is 36.7. The molecule has 0 spiro atoms. The summed E-state index contributed by atoms with van der Waals surface area (Å²) in [6, 6.07) is 10.2. The predicted octanol–water partition coefficient (Wildman–Crippen LogP) is 4.36. The summed E-state index contributed by atoms with van der Waals surface area (Å²) in [5, 5.41) is 3.51.